The summed E-state index contributed by atoms with van der Waals surface area (Å²) >= 11 is 12.1. The zero-order valence-corrected chi connectivity index (χ0v) is 16.8. The molecule has 0 bridgehead atoms. The Morgan fingerprint density at radius 1 is 1.07 bits per heavy atom. The Morgan fingerprint density at radius 2 is 1.81 bits per heavy atom. The Morgan fingerprint density at radius 3 is 2.48 bits per heavy atom. The number of piperazine rings is 1. The Labute approximate surface area is 168 Å². The molecule has 0 aliphatic carbocycles. The number of hydrogen-bond donors (Lipinski definition) is 0. The van der Waals surface area contributed by atoms with E-state index in [0.717, 1.165) is 5.56 Å². The van der Waals surface area contributed by atoms with Crippen molar-refractivity contribution in [3.8, 4) is 0 Å². The number of pyridine rings is 1. The minimum Gasteiger partial charge on any atom is -0.340 e. The molecule has 27 heavy (non-hydrogen) atoms. The number of aromatic nitrogens is 1. The van der Waals surface area contributed by atoms with Crippen LogP contribution in [-0.2, 0) is 21.2 Å². The first-order valence-electron chi connectivity index (χ1n) is 8.50. The van der Waals surface area contributed by atoms with Crippen LogP contribution in [0.1, 0.15) is 12.0 Å². The van der Waals surface area contributed by atoms with Gasteiger partial charge in [0.2, 0.25) is 15.9 Å². The predicted octanol–water partition coefficient (Wildman–Crippen LogP) is 2.85. The van der Waals surface area contributed by atoms with Crippen molar-refractivity contribution in [2.24, 2.45) is 0 Å². The minimum atomic E-state index is -3.58. The highest BCUT2D eigenvalue weighted by molar-refractivity contribution is 7.89. The molecule has 1 aliphatic rings. The summed E-state index contributed by atoms with van der Waals surface area (Å²) < 4.78 is 26.6. The van der Waals surface area contributed by atoms with Crippen molar-refractivity contribution in [2.75, 3.05) is 26.2 Å². The average molecular weight is 428 g/mol. The zero-order valence-electron chi connectivity index (χ0n) is 14.5. The Hall–Kier alpha value is -1.67. The lowest BCUT2D eigenvalue weighted by atomic mass is 10.1. The Bertz CT molecular complexity index is 915. The number of aryl methyl sites for hydroxylation is 1. The van der Waals surface area contributed by atoms with E-state index in [2.05, 4.69) is 4.98 Å². The molecule has 0 atom stereocenters. The lowest BCUT2D eigenvalue weighted by Gasteiger charge is -2.34. The minimum absolute atomic E-state index is 0.0236. The Kier molecular flexibility index (Phi) is 6.37. The molecular weight excluding hydrogens is 409 g/mol. The number of sulfonamides is 1. The number of halogens is 2. The van der Waals surface area contributed by atoms with Crippen LogP contribution < -0.4 is 0 Å². The highest BCUT2D eigenvalue weighted by atomic mass is 35.5. The molecule has 1 amide bonds. The molecule has 0 radical (unpaired) electrons. The van der Waals surface area contributed by atoms with Crippen LogP contribution in [0.4, 0.5) is 0 Å². The summed E-state index contributed by atoms with van der Waals surface area (Å²) in [5.41, 5.74) is 0.829. The normalized spacial score (nSPS) is 15.7. The second kappa shape index (κ2) is 8.56. The fraction of sp³-hybridized carbons (Fsp3) is 0.333. The maximum atomic E-state index is 12.6. The van der Waals surface area contributed by atoms with Crippen LogP contribution in [0.2, 0.25) is 10.0 Å². The number of hydrogen-bond acceptors (Lipinski definition) is 4. The van der Waals surface area contributed by atoms with Gasteiger partial charge in [-0.25, -0.2) is 8.42 Å². The van der Waals surface area contributed by atoms with Gasteiger partial charge < -0.3 is 4.90 Å². The molecule has 0 unspecified atom stereocenters. The molecule has 1 aromatic carbocycles. The first-order chi connectivity index (χ1) is 12.9. The molecular formula is C18H19Cl2N3O3S. The Balaban J connectivity index is 1.56. The summed E-state index contributed by atoms with van der Waals surface area (Å²) in [6.07, 6.45) is 3.66. The first kappa shape index (κ1) is 20.1. The van der Waals surface area contributed by atoms with E-state index in [1.807, 2.05) is 6.07 Å². The van der Waals surface area contributed by atoms with Crippen LogP contribution in [-0.4, -0.2) is 54.7 Å². The fourth-order valence-corrected chi connectivity index (χ4v) is 4.77. The summed E-state index contributed by atoms with van der Waals surface area (Å²) in [6.45, 7) is 1.25. The molecule has 0 spiro atoms. The van der Waals surface area contributed by atoms with Crippen LogP contribution in [0.15, 0.2) is 47.6 Å². The van der Waals surface area contributed by atoms with E-state index in [1.54, 1.807) is 23.1 Å². The lowest BCUT2D eigenvalue weighted by molar-refractivity contribution is -0.132. The van der Waals surface area contributed by atoms with Crippen molar-refractivity contribution < 1.29 is 13.2 Å². The van der Waals surface area contributed by atoms with Crippen molar-refractivity contribution in [1.82, 2.24) is 14.2 Å². The second-order valence-electron chi connectivity index (χ2n) is 6.19. The van der Waals surface area contributed by atoms with Crippen molar-refractivity contribution in [1.29, 1.82) is 0 Å². The number of nitrogens with zero attached hydrogens (tertiary/aromatic N) is 3. The lowest BCUT2D eigenvalue weighted by Crippen LogP contribution is -2.50. The highest BCUT2D eigenvalue weighted by Crippen LogP contribution is 2.26. The highest BCUT2D eigenvalue weighted by Gasteiger charge is 2.30. The molecule has 0 saturated carbocycles. The molecule has 9 heteroatoms. The van der Waals surface area contributed by atoms with E-state index in [-0.39, 0.29) is 23.9 Å². The summed E-state index contributed by atoms with van der Waals surface area (Å²) in [5.74, 6) is -0.0236. The molecule has 2 heterocycles. The predicted molar refractivity (Wildman–Crippen MR) is 104 cm³/mol. The van der Waals surface area contributed by atoms with Gasteiger partial charge in [0.05, 0.1) is 10.0 Å². The van der Waals surface area contributed by atoms with Gasteiger partial charge in [0.15, 0.2) is 0 Å². The van der Waals surface area contributed by atoms with E-state index in [4.69, 9.17) is 23.2 Å². The van der Waals surface area contributed by atoms with Gasteiger partial charge in [-0.1, -0.05) is 35.3 Å². The number of amides is 1. The molecule has 1 aliphatic heterocycles. The third-order valence-electron chi connectivity index (χ3n) is 4.50. The largest absolute Gasteiger partial charge is 0.340 e. The van der Waals surface area contributed by atoms with E-state index in [9.17, 15) is 13.2 Å². The standard InChI is InChI=1S/C18H19Cl2N3O3S/c19-16-5-1-3-14(18(16)20)6-7-17(24)22-9-11-23(12-10-22)27(25,26)15-4-2-8-21-13-15/h1-5,8,13H,6-7,9-12H2. The third-order valence-corrected chi connectivity index (χ3v) is 7.24. The molecule has 3 rings (SSSR count). The zero-order chi connectivity index (χ0) is 19.4. The quantitative estimate of drug-likeness (QED) is 0.735. The van der Waals surface area contributed by atoms with Crippen LogP contribution in [0, 0.1) is 0 Å². The van der Waals surface area contributed by atoms with Crippen molar-refractivity contribution in [2.45, 2.75) is 17.7 Å². The van der Waals surface area contributed by atoms with Crippen molar-refractivity contribution in [3.05, 3.63) is 58.3 Å². The van der Waals surface area contributed by atoms with E-state index >= 15 is 0 Å². The molecule has 1 fully saturated rings. The molecule has 1 aromatic heterocycles. The number of rotatable bonds is 5. The van der Waals surface area contributed by atoms with Gasteiger partial charge in [-0.05, 0) is 30.2 Å². The molecule has 6 nitrogen and oxygen atoms in total. The van der Waals surface area contributed by atoms with Gasteiger partial charge in [0.1, 0.15) is 4.90 Å². The number of carbonyl (C=O) groups excluding carboxylic acids is 1. The summed E-state index contributed by atoms with van der Waals surface area (Å²) in [6, 6.07) is 8.47. The van der Waals surface area contributed by atoms with Crippen LogP contribution >= 0.6 is 23.2 Å². The topological polar surface area (TPSA) is 70.6 Å². The average Bonchev–Trinajstić information content (AvgIpc) is 2.69. The molecule has 2 aromatic rings. The fourth-order valence-electron chi connectivity index (χ4n) is 2.97. The number of carbonyl (C=O) groups is 1. The first-order valence-corrected chi connectivity index (χ1v) is 10.7. The van der Waals surface area contributed by atoms with Gasteiger partial charge in [0.25, 0.3) is 0 Å². The van der Waals surface area contributed by atoms with Gasteiger partial charge in [-0.2, -0.15) is 4.31 Å². The molecule has 144 valence electrons. The SMILES string of the molecule is O=C(CCc1cccc(Cl)c1Cl)N1CCN(S(=O)(=O)c2cccnc2)CC1. The summed E-state index contributed by atoms with van der Waals surface area (Å²) in [4.78, 5) is 18.2. The van der Waals surface area contributed by atoms with E-state index in [0.29, 0.717) is 36.0 Å². The van der Waals surface area contributed by atoms with Crippen LogP contribution in [0.25, 0.3) is 0 Å². The van der Waals surface area contributed by atoms with Crippen molar-refractivity contribution >= 4 is 39.1 Å². The second-order valence-corrected chi connectivity index (χ2v) is 8.91. The number of benzene rings is 1. The van der Waals surface area contributed by atoms with Gasteiger partial charge in [-0.3, -0.25) is 9.78 Å². The maximum absolute atomic E-state index is 12.6. The van der Waals surface area contributed by atoms with Gasteiger partial charge in [-0.15, -0.1) is 0 Å². The van der Waals surface area contributed by atoms with Gasteiger partial charge in [0, 0.05) is 45.0 Å². The monoisotopic (exact) mass is 427 g/mol. The smallest absolute Gasteiger partial charge is 0.244 e. The van der Waals surface area contributed by atoms with Crippen molar-refractivity contribution in [3.63, 3.8) is 0 Å². The maximum Gasteiger partial charge on any atom is 0.244 e. The molecule has 1 saturated heterocycles. The summed E-state index contributed by atoms with van der Waals surface area (Å²) in [7, 11) is -3.58. The van der Waals surface area contributed by atoms with Gasteiger partial charge >= 0.3 is 0 Å². The molecule has 0 N–H and O–H groups in total. The van der Waals surface area contributed by atoms with Crippen LogP contribution in [0.5, 0.6) is 0 Å². The van der Waals surface area contributed by atoms with E-state index < -0.39 is 10.0 Å². The third kappa shape index (κ3) is 4.60. The van der Waals surface area contributed by atoms with E-state index in [1.165, 1.54) is 22.8 Å². The van der Waals surface area contributed by atoms with Crippen LogP contribution in [0.3, 0.4) is 0 Å². The summed E-state index contributed by atoms with van der Waals surface area (Å²) in [5, 5.41) is 0.940.